The van der Waals surface area contributed by atoms with Gasteiger partial charge in [-0.15, -0.1) is 0 Å². The van der Waals surface area contributed by atoms with Crippen molar-refractivity contribution in [2.45, 2.75) is 31.5 Å². The molecule has 1 aliphatic heterocycles. The van der Waals surface area contributed by atoms with Crippen LogP contribution in [0.1, 0.15) is 11.8 Å². The van der Waals surface area contributed by atoms with E-state index in [0.29, 0.717) is 12.2 Å². The minimum absolute atomic E-state index is 0.190. The zero-order valence-electron chi connectivity index (χ0n) is 13.3. The van der Waals surface area contributed by atoms with Crippen LogP contribution in [0.4, 0.5) is 0 Å². The number of nitrogens with zero attached hydrogens (tertiary/aromatic N) is 2. The second-order valence-electron chi connectivity index (χ2n) is 5.43. The maximum Gasteiger partial charge on any atom is 0.332 e. The molecule has 1 aliphatic rings. The lowest BCUT2D eigenvalue weighted by molar-refractivity contribution is -0.0824. The second-order valence-corrected chi connectivity index (χ2v) is 5.43. The predicted octanol–water partition coefficient (Wildman–Crippen LogP) is -1.86. The first-order valence-electron chi connectivity index (χ1n) is 7.26. The number of aliphatic hydroxyl groups is 2. The lowest BCUT2D eigenvalue weighted by atomic mass is 10.1. The molecule has 0 bridgehead atoms. The topological polar surface area (TPSA) is 112 Å². The first kappa shape index (κ1) is 17.8. The first-order valence-corrected chi connectivity index (χ1v) is 7.26. The van der Waals surface area contributed by atoms with E-state index in [4.69, 9.17) is 14.2 Å². The van der Waals surface area contributed by atoms with Crippen molar-refractivity contribution in [3.05, 3.63) is 32.6 Å². The molecule has 130 valence electrons. The molecular formula is C14H22N2O7. The van der Waals surface area contributed by atoms with Gasteiger partial charge in [0.2, 0.25) is 0 Å². The van der Waals surface area contributed by atoms with Crippen molar-refractivity contribution in [1.82, 2.24) is 9.13 Å². The monoisotopic (exact) mass is 330 g/mol. The number of rotatable bonds is 6. The molecule has 0 unspecified atom stereocenters. The van der Waals surface area contributed by atoms with Crippen molar-refractivity contribution < 1.29 is 24.4 Å². The Hall–Kier alpha value is -1.52. The molecule has 9 heteroatoms. The third kappa shape index (κ3) is 3.38. The van der Waals surface area contributed by atoms with Crippen LogP contribution in [0, 0.1) is 6.92 Å². The van der Waals surface area contributed by atoms with Gasteiger partial charge in [0.25, 0.3) is 5.56 Å². The standard InChI is InChI=1S/C14H22N2O7/c1-8-6-16(14(20)15(2)12(8)19)13-11(22-5-4-21-3)10(18)9(7-17)23-13/h6,9-11,13,17-18H,4-5,7H2,1-3H3/t9-,10-,11-,13-/m1/s1. The molecule has 23 heavy (non-hydrogen) atoms. The molecule has 0 aromatic carbocycles. The van der Waals surface area contributed by atoms with Crippen LogP contribution in [0.15, 0.2) is 15.8 Å². The van der Waals surface area contributed by atoms with Crippen LogP contribution in [0.3, 0.4) is 0 Å². The van der Waals surface area contributed by atoms with Crippen molar-refractivity contribution in [2.75, 3.05) is 26.9 Å². The van der Waals surface area contributed by atoms with E-state index >= 15 is 0 Å². The van der Waals surface area contributed by atoms with Crippen LogP contribution in [-0.2, 0) is 21.3 Å². The lowest BCUT2D eigenvalue weighted by Gasteiger charge is -2.23. The molecule has 0 aliphatic carbocycles. The summed E-state index contributed by atoms with van der Waals surface area (Å²) >= 11 is 0. The van der Waals surface area contributed by atoms with Gasteiger partial charge in [-0.05, 0) is 6.92 Å². The fourth-order valence-electron chi connectivity index (χ4n) is 2.57. The van der Waals surface area contributed by atoms with E-state index in [1.165, 1.54) is 24.9 Å². The highest BCUT2D eigenvalue weighted by molar-refractivity contribution is 5.04. The molecule has 2 N–H and O–H groups in total. The predicted molar refractivity (Wildman–Crippen MR) is 79.3 cm³/mol. The highest BCUT2D eigenvalue weighted by Crippen LogP contribution is 2.30. The van der Waals surface area contributed by atoms with Crippen LogP contribution in [0.25, 0.3) is 0 Å². The summed E-state index contributed by atoms with van der Waals surface area (Å²) in [7, 11) is 2.88. The fourth-order valence-corrected chi connectivity index (χ4v) is 2.57. The van der Waals surface area contributed by atoms with E-state index in [1.807, 2.05) is 0 Å². The van der Waals surface area contributed by atoms with Gasteiger partial charge in [0.15, 0.2) is 6.23 Å². The molecule has 2 heterocycles. The average molecular weight is 330 g/mol. The molecule has 4 atom stereocenters. The minimum Gasteiger partial charge on any atom is -0.394 e. The molecule has 0 spiro atoms. The van der Waals surface area contributed by atoms with E-state index in [9.17, 15) is 19.8 Å². The summed E-state index contributed by atoms with van der Waals surface area (Å²) in [4.78, 5) is 24.1. The summed E-state index contributed by atoms with van der Waals surface area (Å²) in [6.45, 7) is 1.66. The van der Waals surface area contributed by atoms with Gasteiger partial charge in [-0.3, -0.25) is 13.9 Å². The Balaban J connectivity index is 2.39. The third-order valence-electron chi connectivity index (χ3n) is 3.85. The normalized spacial score (nSPS) is 27.5. The van der Waals surface area contributed by atoms with E-state index in [2.05, 4.69) is 0 Å². The van der Waals surface area contributed by atoms with Crippen LogP contribution in [-0.4, -0.2) is 64.6 Å². The summed E-state index contributed by atoms with van der Waals surface area (Å²) in [6, 6.07) is 0. The van der Waals surface area contributed by atoms with Crippen molar-refractivity contribution in [2.24, 2.45) is 7.05 Å². The molecular weight excluding hydrogens is 308 g/mol. The van der Waals surface area contributed by atoms with E-state index < -0.39 is 42.4 Å². The first-order chi connectivity index (χ1) is 10.9. The van der Waals surface area contributed by atoms with Crippen LogP contribution in [0.2, 0.25) is 0 Å². The summed E-state index contributed by atoms with van der Waals surface area (Å²) in [5.74, 6) is 0. The molecule has 1 aromatic heterocycles. The van der Waals surface area contributed by atoms with Gasteiger partial charge in [0.05, 0.1) is 19.8 Å². The summed E-state index contributed by atoms with van der Waals surface area (Å²) in [5.41, 5.74) is -0.634. The number of ether oxygens (including phenoxy) is 3. The van der Waals surface area contributed by atoms with Crippen molar-refractivity contribution in [3.63, 3.8) is 0 Å². The number of hydrogen-bond acceptors (Lipinski definition) is 7. The van der Waals surface area contributed by atoms with Gasteiger partial charge < -0.3 is 24.4 Å². The van der Waals surface area contributed by atoms with Crippen molar-refractivity contribution >= 4 is 0 Å². The van der Waals surface area contributed by atoms with E-state index in [1.54, 1.807) is 6.92 Å². The van der Waals surface area contributed by atoms with Gasteiger partial charge in [0, 0.05) is 25.9 Å². The molecule has 0 radical (unpaired) electrons. The minimum atomic E-state index is -1.11. The second kappa shape index (κ2) is 7.37. The Morgan fingerprint density at radius 1 is 1.35 bits per heavy atom. The molecule has 1 saturated heterocycles. The number of aryl methyl sites for hydroxylation is 1. The zero-order chi connectivity index (χ0) is 17.1. The van der Waals surface area contributed by atoms with E-state index in [-0.39, 0.29) is 6.61 Å². The molecule has 0 amide bonds. The van der Waals surface area contributed by atoms with Gasteiger partial charge >= 0.3 is 5.69 Å². The third-order valence-corrected chi connectivity index (χ3v) is 3.85. The smallest absolute Gasteiger partial charge is 0.332 e. The molecule has 1 fully saturated rings. The van der Waals surface area contributed by atoms with Crippen LogP contribution in [0.5, 0.6) is 0 Å². The van der Waals surface area contributed by atoms with Gasteiger partial charge in [-0.25, -0.2) is 4.79 Å². The Morgan fingerprint density at radius 2 is 2.04 bits per heavy atom. The van der Waals surface area contributed by atoms with Crippen molar-refractivity contribution in [3.8, 4) is 0 Å². The largest absolute Gasteiger partial charge is 0.394 e. The van der Waals surface area contributed by atoms with Gasteiger partial charge in [-0.2, -0.15) is 0 Å². The van der Waals surface area contributed by atoms with E-state index in [0.717, 1.165) is 4.57 Å². The molecule has 2 rings (SSSR count). The molecule has 0 saturated carbocycles. The number of hydrogen-bond donors (Lipinski definition) is 2. The van der Waals surface area contributed by atoms with Crippen LogP contribution >= 0.6 is 0 Å². The maximum absolute atomic E-state index is 12.3. The summed E-state index contributed by atoms with van der Waals surface area (Å²) in [6.07, 6.45) is -2.42. The highest BCUT2D eigenvalue weighted by atomic mass is 16.6. The molecule has 9 nitrogen and oxygen atoms in total. The van der Waals surface area contributed by atoms with Crippen molar-refractivity contribution in [1.29, 1.82) is 0 Å². The van der Waals surface area contributed by atoms with Gasteiger partial charge in [0.1, 0.15) is 18.3 Å². The Labute approximate surface area is 132 Å². The Morgan fingerprint density at radius 3 is 2.65 bits per heavy atom. The fraction of sp³-hybridized carbons (Fsp3) is 0.714. The van der Waals surface area contributed by atoms with Gasteiger partial charge in [-0.1, -0.05) is 0 Å². The highest BCUT2D eigenvalue weighted by Gasteiger charge is 2.45. The van der Waals surface area contributed by atoms with Crippen LogP contribution < -0.4 is 11.2 Å². The zero-order valence-corrected chi connectivity index (χ0v) is 13.3. The summed E-state index contributed by atoms with van der Waals surface area (Å²) in [5, 5.41) is 19.5. The summed E-state index contributed by atoms with van der Waals surface area (Å²) < 4.78 is 18.2. The number of aliphatic hydroxyl groups excluding tert-OH is 2. The number of aromatic nitrogens is 2. The number of methoxy groups -OCH3 is 1. The lowest BCUT2D eigenvalue weighted by Crippen LogP contribution is -2.44. The Kier molecular flexibility index (Phi) is 5.71. The molecule has 1 aromatic rings. The average Bonchev–Trinajstić information content (AvgIpc) is 2.85. The maximum atomic E-state index is 12.3. The quantitative estimate of drug-likeness (QED) is 0.588. The Bertz CT molecular complexity index is 654. The SMILES string of the molecule is COCCO[C@@H]1[C@H](O)[C@@H](CO)O[C@H]1n1cc(C)c(=O)n(C)c1=O.